The lowest BCUT2D eigenvalue weighted by atomic mass is 10.3. The molecule has 0 aliphatic carbocycles. The molecule has 0 saturated heterocycles. The third kappa shape index (κ3) is 4.49. The fraction of sp³-hybridized carbons (Fsp3) is 0.417. The zero-order valence-electron chi connectivity index (χ0n) is 10.7. The molecular formula is C12H16ClNO4S. The number of benzene rings is 1. The van der Waals surface area contributed by atoms with Gasteiger partial charge in [-0.15, -0.1) is 0 Å². The highest BCUT2D eigenvalue weighted by Gasteiger charge is 2.20. The molecule has 0 radical (unpaired) electrons. The summed E-state index contributed by atoms with van der Waals surface area (Å²) >= 11 is 5.70. The lowest BCUT2D eigenvalue weighted by Gasteiger charge is -2.20. The summed E-state index contributed by atoms with van der Waals surface area (Å²) in [6.45, 7) is 1.66. The van der Waals surface area contributed by atoms with E-state index in [1.807, 2.05) is 0 Å². The molecule has 0 fully saturated rings. The zero-order valence-corrected chi connectivity index (χ0v) is 12.3. The third-order valence-corrected chi connectivity index (χ3v) is 4.87. The molecule has 7 heteroatoms. The molecule has 1 unspecified atom stereocenters. The van der Waals surface area contributed by atoms with Gasteiger partial charge in [-0.3, -0.25) is 9.69 Å². The molecule has 1 N–H and O–H groups in total. The summed E-state index contributed by atoms with van der Waals surface area (Å²) in [4.78, 5) is 12.4. The normalized spacial score (nSPS) is 13.5. The quantitative estimate of drug-likeness (QED) is 0.862. The summed E-state index contributed by atoms with van der Waals surface area (Å²) in [7, 11) is -1.85. The number of aliphatic carboxylic acids is 1. The van der Waals surface area contributed by atoms with Gasteiger partial charge >= 0.3 is 5.97 Å². The van der Waals surface area contributed by atoms with Gasteiger partial charge in [-0.1, -0.05) is 11.6 Å². The molecule has 0 bridgehead atoms. The summed E-state index contributed by atoms with van der Waals surface area (Å²) in [6.07, 6.45) is 0. The van der Waals surface area contributed by atoms with Crippen LogP contribution in [0.25, 0.3) is 0 Å². The summed E-state index contributed by atoms with van der Waals surface area (Å²) in [6, 6.07) is 5.19. The van der Waals surface area contributed by atoms with Crippen molar-refractivity contribution in [3.63, 3.8) is 0 Å². The second-order valence-electron chi connectivity index (χ2n) is 4.27. The molecular weight excluding hydrogens is 290 g/mol. The van der Waals surface area contributed by atoms with Gasteiger partial charge in [-0.2, -0.15) is 0 Å². The van der Waals surface area contributed by atoms with Gasteiger partial charge in [0.05, 0.1) is 10.6 Å². The Morgan fingerprint density at radius 3 is 2.37 bits per heavy atom. The van der Waals surface area contributed by atoms with E-state index in [9.17, 15) is 13.2 Å². The number of rotatable bonds is 6. The molecule has 5 nitrogen and oxygen atoms in total. The van der Waals surface area contributed by atoms with Gasteiger partial charge in [0.15, 0.2) is 9.84 Å². The van der Waals surface area contributed by atoms with E-state index in [1.165, 1.54) is 36.1 Å². The van der Waals surface area contributed by atoms with E-state index >= 15 is 0 Å². The lowest BCUT2D eigenvalue weighted by Crippen LogP contribution is -2.38. The van der Waals surface area contributed by atoms with Crippen molar-refractivity contribution in [2.24, 2.45) is 0 Å². The van der Waals surface area contributed by atoms with E-state index < -0.39 is 21.8 Å². The van der Waals surface area contributed by atoms with E-state index in [4.69, 9.17) is 16.7 Å². The van der Waals surface area contributed by atoms with Crippen molar-refractivity contribution in [2.45, 2.75) is 17.9 Å². The van der Waals surface area contributed by atoms with Gasteiger partial charge in [-0.05, 0) is 38.2 Å². The standard InChI is InChI=1S/C12H16ClNO4S/c1-9(12(15)16)14(2)7-8-19(17,18)11-5-3-10(13)4-6-11/h3-6,9H,7-8H2,1-2H3,(H,15,16). The number of hydrogen-bond acceptors (Lipinski definition) is 4. The molecule has 0 saturated carbocycles. The number of halogens is 1. The molecule has 19 heavy (non-hydrogen) atoms. The highest BCUT2D eigenvalue weighted by Crippen LogP contribution is 2.15. The maximum absolute atomic E-state index is 12.0. The average Bonchev–Trinajstić information content (AvgIpc) is 2.35. The van der Waals surface area contributed by atoms with Crippen molar-refractivity contribution in [1.82, 2.24) is 4.90 Å². The molecule has 106 valence electrons. The molecule has 0 heterocycles. The van der Waals surface area contributed by atoms with Crippen LogP contribution in [0.3, 0.4) is 0 Å². The van der Waals surface area contributed by atoms with E-state index in [0.717, 1.165) is 0 Å². The van der Waals surface area contributed by atoms with E-state index in [0.29, 0.717) is 5.02 Å². The molecule has 1 rings (SSSR count). The Morgan fingerprint density at radius 2 is 1.89 bits per heavy atom. The Balaban J connectivity index is 2.71. The fourth-order valence-corrected chi connectivity index (χ4v) is 2.85. The van der Waals surface area contributed by atoms with Gasteiger partial charge in [-0.25, -0.2) is 8.42 Å². The second kappa shape index (κ2) is 6.36. The smallest absolute Gasteiger partial charge is 0.320 e. The Hall–Kier alpha value is -1.11. The minimum absolute atomic E-state index is 0.136. The van der Waals surface area contributed by atoms with Crippen LogP contribution in [0.2, 0.25) is 5.02 Å². The lowest BCUT2D eigenvalue weighted by molar-refractivity contribution is -0.142. The van der Waals surface area contributed by atoms with Crippen LogP contribution in [0.5, 0.6) is 0 Å². The van der Waals surface area contributed by atoms with Crippen molar-refractivity contribution in [2.75, 3.05) is 19.3 Å². The number of sulfone groups is 1. The molecule has 0 spiro atoms. The van der Waals surface area contributed by atoms with Crippen molar-refractivity contribution in [1.29, 1.82) is 0 Å². The Morgan fingerprint density at radius 1 is 1.37 bits per heavy atom. The van der Waals surface area contributed by atoms with Crippen molar-refractivity contribution in [3.8, 4) is 0 Å². The Kier molecular flexibility index (Phi) is 5.34. The monoisotopic (exact) mass is 305 g/mol. The largest absolute Gasteiger partial charge is 0.480 e. The van der Waals surface area contributed by atoms with Crippen LogP contribution in [0.4, 0.5) is 0 Å². The van der Waals surface area contributed by atoms with Crippen LogP contribution in [-0.2, 0) is 14.6 Å². The molecule has 0 aliphatic rings. The van der Waals surface area contributed by atoms with Crippen LogP contribution in [0, 0.1) is 0 Å². The number of carboxylic acids is 1. The van der Waals surface area contributed by atoms with Gasteiger partial charge in [0, 0.05) is 11.6 Å². The molecule has 0 amide bonds. The van der Waals surface area contributed by atoms with Crippen LogP contribution in [0.1, 0.15) is 6.92 Å². The summed E-state index contributed by atoms with van der Waals surface area (Å²) < 4.78 is 24.0. The highest BCUT2D eigenvalue weighted by atomic mass is 35.5. The molecule has 1 atom stereocenters. The SMILES string of the molecule is CC(C(=O)O)N(C)CCS(=O)(=O)c1ccc(Cl)cc1. The first-order chi connectivity index (χ1) is 8.74. The van der Waals surface area contributed by atoms with Gasteiger partial charge in [0.1, 0.15) is 6.04 Å². The first kappa shape index (κ1) is 15.9. The predicted octanol–water partition coefficient (Wildman–Crippen LogP) is 1.52. The predicted molar refractivity (Wildman–Crippen MR) is 73.2 cm³/mol. The van der Waals surface area contributed by atoms with Crippen LogP contribution in [-0.4, -0.2) is 49.8 Å². The van der Waals surface area contributed by atoms with Gasteiger partial charge in [0.2, 0.25) is 0 Å². The van der Waals surface area contributed by atoms with Crippen LogP contribution in [0.15, 0.2) is 29.2 Å². The summed E-state index contributed by atoms with van der Waals surface area (Å²) in [5.74, 6) is -1.12. The maximum atomic E-state index is 12.0. The maximum Gasteiger partial charge on any atom is 0.320 e. The molecule has 0 aromatic heterocycles. The number of carboxylic acid groups (broad SMARTS) is 1. The summed E-state index contributed by atoms with van der Waals surface area (Å²) in [5, 5.41) is 9.29. The van der Waals surface area contributed by atoms with E-state index in [-0.39, 0.29) is 17.2 Å². The van der Waals surface area contributed by atoms with E-state index in [2.05, 4.69) is 0 Å². The fourth-order valence-electron chi connectivity index (χ4n) is 1.41. The van der Waals surface area contributed by atoms with Crippen molar-refractivity contribution >= 4 is 27.4 Å². The minimum Gasteiger partial charge on any atom is -0.480 e. The van der Waals surface area contributed by atoms with E-state index in [1.54, 1.807) is 7.05 Å². The van der Waals surface area contributed by atoms with Crippen LogP contribution < -0.4 is 0 Å². The van der Waals surface area contributed by atoms with Crippen molar-refractivity contribution in [3.05, 3.63) is 29.3 Å². The molecule has 1 aromatic carbocycles. The van der Waals surface area contributed by atoms with Gasteiger partial charge in [0.25, 0.3) is 0 Å². The molecule has 0 aliphatic heterocycles. The van der Waals surface area contributed by atoms with Gasteiger partial charge < -0.3 is 5.11 Å². The zero-order chi connectivity index (χ0) is 14.6. The number of hydrogen-bond donors (Lipinski definition) is 1. The Labute approximate surface area is 117 Å². The Bertz CT molecular complexity index is 541. The summed E-state index contributed by atoms with van der Waals surface area (Å²) in [5.41, 5.74) is 0. The second-order valence-corrected chi connectivity index (χ2v) is 6.81. The number of likely N-dealkylation sites (N-methyl/N-ethyl adjacent to an activating group) is 1. The highest BCUT2D eigenvalue weighted by molar-refractivity contribution is 7.91. The van der Waals surface area contributed by atoms with Crippen LogP contribution >= 0.6 is 11.6 Å². The average molecular weight is 306 g/mol. The first-order valence-electron chi connectivity index (χ1n) is 5.65. The third-order valence-electron chi connectivity index (χ3n) is 2.90. The first-order valence-corrected chi connectivity index (χ1v) is 7.68. The van der Waals surface area contributed by atoms with Crippen molar-refractivity contribution < 1.29 is 18.3 Å². The molecule has 1 aromatic rings. The minimum atomic E-state index is -3.42. The number of carbonyl (C=O) groups is 1. The number of nitrogens with zero attached hydrogens (tertiary/aromatic N) is 1. The topological polar surface area (TPSA) is 74.7 Å².